The first-order valence-corrected chi connectivity index (χ1v) is 8.20. The standard InChI is InChI=1S/C18H21ClFN3O2/c1-11(12-5-7-13(20)8-6-12)21-16-10-14(9-15(19)23-16)22-17(24)25-18(2,3)4/h5-11H,1-4H3,(H2,21,22,23,24)/t11-/m0/s1. The molecule has 7 heteroatoms. The molecule has 2 N–H and O–H groups in total. The minimum absolute atomic E-state index is 0.124. The maximum Gasteiger partial charge on any atom is 0.412 e. The maximum atomic E-state index is 13.0. The molecule has 1 amide bonds. The van der Waals surface area contributed by atoms with Crippen LogP contribution in [0.25, 0.3) is 0 Å². The van der Waals surface area contributed by atoms with Crippen molar-refractivity contribution >= 4 is 29.2 Å². The summed E-state index contributed by atoms with van der Waals surface area (Å²) in [7, 11) is 0. The van der Waals surface area contributed by atoms with E-state index in [0.717, 1.165) is 5.56 Å². The van der Waals surface area contributed by atoms with E-state index in [1.54, 1.807) is 39.0 Å². The van der Waals surface area contributed by atoms with Gasteiger partial charge in [0.1, 0.15) is 22.4 Å². The number of aromatic nitrogens is 1. The summed E-state index contributed by atoms with van der Waals surface area (Å²) in [6.07, 6.45) is -0.577. The van der Waals surface area contributed by atoms with Gasteiger partial charge >= 0.3 is 6.09 Å². The summed E-state index contributed by atoms with van der Waals surface area (Å²) >= 11 is 6.02. The molecule has 1 aromatic carbocycles. The number of benzene rings is 1. The Bertz CT molecular complexity index is 745. The van der Waals surface area contributed by atoms with Crippen molar-refractivity contribution < 1.29 is 13.9 Å². The van der Waals surface area contributed by atoms with Crippen LogP contribution in [0.5, 0.6) is 0 Å². The molecular formula is C18H21ClFN3O2. The lowest BCUT2D eigenvalue weighted by atomic mass is 10.1. The van der Waals surface area contributed by atoms with E-state index < -0.39 is 11.7 Å². The third-order valence-corrected chi connectivity index (χ3v) is 3.37. The van der Waals surface area contributed by atoms with Crippen LogP contribution in [0.4, 0.5) is 20.7 Å². The highest BCUT2D eigenvalue weighted by molar-refractivity contribution is 6.29. The summed E-state index contributed by atoms with van der Waals surface area (Å²) in [6.45, 7) is 7.26. The van der Waals surface area contributed by atoms with Gasteiger partial charge in [0, 0.05) is 12.1 Å². The molecule has 0 aliphatic heterocycles. The van der Waals surface area contributed by atoms with Gasteiger partial charge in [-0.1, -0.05) is 23.7 Å². The smallest absolute Gasteiger partial charge is 0.412 e. The molecule has 0 unspecified atom stereocenters. The minimum atomic E-state index is -0.598. The lowest BCUT2D eigenvalue weighted by Crippen LogP contribution is -2.27. The van der Waals surface area contributed by atoms with Crippen LogP contribution in [0.3, 0.4) is 0 Å². The Hall–Kier alpha value is -2.34. The number of amides is 1. The Morgan fingerprint density at radius 3 is 2.48 bits per heavy atom. The van der Waals surface area contributed by atoms with E-state index in [-0.39, 0.29) is 17.0 Å². The molecule has 1 aromatic heterocycles. The van der Waals surface area contributed by atoms with Crippen molar-refractivity contribution in [3.05, 3.63) is 52.9 Å². The fraction of sp³-hybridized carbons (Fsp3) is 0.333. The molecule has 0 radical (unpaired) electrons. The first-order valence-electron chi connectivity index (χ1n) is 7.82. The predicted octanol–water partition coefficient (Wildman–Crippen LogP) is 5.39. The van der Waals surface area contributed by atoms with Crippen LogP contribution in [0.15, 0.2) is 36.4 Å². The Morgan fingerprint density at radius 2 is 1.88 bits per heavy atom. The molecule has 5 nitrogen and oxygen atoms in total. The van der Waals surface area contributed by atoms with Crippen LogP contribution in [0, 0.1) is 5.82 Å². The molecule has 2 aromatic rings. The van der Waals surface area contributed by atoms with Crippen molar-refractivity contribution in [3.8, 4) is 0 Å². The van der Waals surface area contributed by atoms with Gasteiger partial charge in [0.25, 0.3) is 0 Å². The largest absolute Gasteiger partial charge is 0.444 e. The number of ether oxygens (including phenoxy) is 1. The van der Waals surface area contributed by atoms with Gasteiger partial charge in [-0.25, -0.2) is 14.2 Å². The van der Waals surface area contributed by atoms with E-state index in [0.29, 0.717) is 11.5 Å². The van der Waals surface area contributed by atoms with Crippen molar-refractivity contribution in [2.24, 2.45) is 0 Å². The molecule has 0 fully saturated rings. The molecule has 2 rings (SSSR count). The minimum Gasteiger partial charge on any atom is -0.444 e. The summed E-state index contributed by atoms with van der Waals surface area (Å²) in [6, 6.07) is 9.23. The van der Waals surface area contributed by atoms with Gasteiger partial charge in [0.05, 0.1) is 5.69 Å². The number of carbonyl (C=O) groups is 1. The van der Waals surface area contributed by atoms with Crippen molar-refractivity contribution in [2.75, 3.05) is 10.6 Å². The molecule has 0 bridgehead atoms. The number of nitrogens with one attached hydrogen (secondary N) is 2. The van der Waals surface area contributed by atoms with Crippen molar-refractivity contribution in [1.29, 1.82) is 0 Å². The number of rotatable bonds is 4. The Balaban J connectivity index is 2.10. The van der Waals surface area contributed by atoms with Gasteiger partial charge in [-0.15, -0.1) is 0 Å². The lowest BCUT2D eigenvalue weighted by molar-refractivity contribution is 0.0636. The van der Waals surface area contributed by atoms with Gasteiger partial charge in [-0.05, 0) is 51.5 Å². The average molecular weight is 366 g/mol. The van der Waals surface area contributed by atoms with Crippen LogP contribution < -0.4 is 10.6 Å². The Labute approximate surface area is 151 Å². The number of hydrogen-bond donors (Lipinski definition) is 2. The molecule has 134 valence electrons. The van der Waals surface area contributed by atoms with Gasteiger partial charge in [0.2, 0.25) is 0 Å². The summed E-state index contributed by atoms with van der Waals surface area (Å²) in [5.41, 5.74) is 0.756. The molecule has 0 spiro atoms. The van der Waals surface area contributed by atoms with Crippen LogP contribution in [0.1, 0.15) is 39.3 Å². The van der Waals surface area contributed by atoms with Crippen molar-refractivity contribution in [1.82, 2.24) is 4.98 Å². The number of nitrogens with zero attached hydrogens (tertiary/aromatic N) is 1. The molecule has 1 heterocycles. The second kappa shape index (κ2) is 7.70. The van der Waals surface area contributed by atoms with Crippen molar-refractivity contribution in [2.45, 2.75) is 39.3 Å². The summed E-state index contributed by atoms with van der Waals surface area (Å²) in [5.74, 6) is 0.191. The maximum absolute atomic E-state index is 13.0. The number of pyridine rings is 1. The third-order valence-electron chi connectivity index (χ3n) is 3.17. The Morgan fingerprint density at radius 1 is 1.24 bits per heavy atom. The topological polar surface area (TPSA) is 63.2 Å². The number of halogens is 2. The van der Waals surface area contributed by atoms with E-state index in [9.17, 15) is 9.18 Å². The second-order valence-electron chi connectivity index (χ2n) is 6.61. The molecule has 0 saturated heterocycles. The van der Waals surface area contributed by atoms with Crippen LogP contribution in [-0.4, -0.2) is 16.7 Å². The molecule has 1 atom stereocenters. The number of anilines is 2. The zero-order valence-corrected chi connectivity index (χ0v) is 15.3. The number of carbonyl (C=O) groups excluding carboxylic acids is 1. The highest BCUT2D eigenvalue weighted by Gasteiger charge is 2.17. The molecular weight excluding hydrogens is 345 g/mol. The summed E-state index contributed by atoms with van der Waals surface area (Å²) < 4.78 is 18.2. The lowest BCUT2D eigenvalue weighted by Gasteiger charge is -2.20. The van der Waals surface area contributed by atoms with Crippen LogP contribution in [0.2, 0.25) is 5.15 Å². The predicted molar refractivity (Wildman–Crippen MR) is 97.5 cm³/mol. The van der Waals surface area contributed by atoms with E-state index in [1.807, 2.05) is 6.92 Å². The fourth-order valence-electron chi connectivity index (χ4n) is 2.12. The van der Waals surface area contributed by atoms with Gasteiger partial charge in [0.15, 0.2) is 0 Å². The highest BCUT2D eigenvalue weighted by atomic mass is 35.5. The Kier molecular flexibility index (Phi) is 5.85. The van der Waals surface area contributed by atoms with Crippen LogP contribution in [-0.2, 0) is 4.74 Å². The molecule has 0 saturated carbocycles. The zero-order chi connectivity index (χ0) is 18.6. The van der Waals surface area contributed by atoms with Gasteiger partial charge in [-0.3, -0.25) is 5.32 Å². The third kappa shape index (κ3) is 6.23. The van der Waals surface area contributed by atoms with E-state index in [4.69, 9.17) is 16.3 Å². The van der Waals surface area contributed by atoms with E-state index in [2.05, 4.69) is 15.6 Å². The van der Waals surface area contributed by atoms with E-state index >= 15 is 0 Å². The van der Waals surface area contributed by atoms with Crippen LogP contribution >= 0.6 is 11.6 Å². The monoisotopic (exact) mass is 365 g/mol. The molecule has 0 aliphatic rings. The first-order chi connectivity index (χ1) is 11.6. The summed E-state index contributed by atoms with van der Waals surface area (Å²) in [4.78, 5) is 16.1. The zero-order valence-electron chi connectivity index (χ0n) is 14.6. The van der Waals surface area contributed by atoms with Crippen molar-refractivity contribution in [3.63, 3.8) is 0 Å². The first kappa shape index (κ1) is 19.0. The summed E-state index contributed by atoms with van der Waals surface area (Å²) in [5, 5.41) is 6.02. The fourth-order valence-corrected chi connectivity index (χ4v) is 2.33. The second-order valence-corrected chi connectivity index (χ2v) is 7.00. The highest BCUT2D eigenvalue weighted by Crippen LogP contribution is 2.24. The molecule has 25 heavy (non-hydrogen) atoms. The quantitative estimate of drug-likeness (QED) is 0.712. The molecule has 0 aliphatic carbocycles. The normalized spacial score (nSPS) is 12.4. The SMILES string of the molecule is C[C@H](Nc1cc(NC(=O)OC(C)(C)C)cc(Cl)n1)c1ccc(F)cc1. The van der Waals surface area contributed by atoms with Gasteiger partial charge in [-0.2, -0.15) is 0 Å². The number of hydrogen-bond acceptors (Lipinski definition) is 4. The van der Waals surface area contributed by atoms with Gasteiger partial charge < -0.3 is 10.1 Å². The van der Waals surface area contributed by atoms with E-state index in [1.165, 1.54) is 18.2 Å². The average Bonchev–Trinajstić information content (AvgIpc) is 2.44.